The van der Waals surface area contributed by atoms with Crippen molar-refractivity contribution in [2.45, 2.75) is 19.4 Å². The first-order chi connectivity index (χ1) is 8.24. The molecule has 1 aliphatic heterocycles. The number of carbonyl (C=O) groups excluding carboxylic acids is 1. The second kappa shape index (κ2) is 6.02. The summed E-state index contributed by atoms with van der Waals surface area (Å²) in [5.41, 5.74) is 1.10. The van der Waals surface area contributed by atoms with Crippen molar-refractivity contribution in [2.24, 2.45) is 0 Å². The van der Waals surface area contributed by atoms with E-state index in [1.54, 1.807) is 6.20 Å². The molecule has 92 valence electrons. The van der Waals surface area contributed by atoms with Gasteiger partial charge < -0.3 is 10.6 Å². The van der Waals surface area contributed by atoms with Gasteiger partial charge >= 0.3 is 0 Å². The lowest BCUT2D eigenvalue weighted by atomic mass is 10.2. The van der Waals surface area contributed by atoms with E-state index >= 15 is 0 Å². The molecule has 0 radical (unpaired) electrons. The number of nitrogens with one attached hydrogen (secondary N) is 2. The summed E-state index contributed by atoms with van der Waals surface area (Å²) in [4.78, 5) is 15.9. The Labute approximate surface area is 106 Å². The van der Waals surface area contributed by atoms with Crippen molar-refractivity contribution >= 4 is 23.5 Å². The van der Waals surface area contributed by atoms with Crippen LogP contribution in [0.5, 0.6) is 0 Å². The second-order valence-corrected chi connectivity index (χ2v) is 5.35. The van der Waals surface area contributed by atoms with Crippen LogP contribution in [0.1, 0.15) is 12.0 Å². The Morgan fingerprint density at radius 3 is 3.29 bits per heavy atom. The van der Waals surface area contributed by atoms with Crippen molar-refractivity contribution in [1.29, 1.82) is 0 Å². The first-order valence-electron chi connectivity index (χ1n) is 5.77. The molecule has 17 heavy (non-hydrogen) atoms. The summed E-state index contributed by atoms with van der Waals surface area (Å²) < 4.78 is 0. The average molecular weight is 251 g/mol. The number of nitrogens with zero attached hydrogens (tertiary/aromatic N) is 1. The van der Waals surface area contributed by atoms with Gasteiger partial charge in [0, 0.05) is 36.7 Å². The molecule has 0 saturated carbocycles. The number of hydrogen-bond acceptors (Lipinski definition) is 4. The van der Waals surface area contributed by atoms with Crippen molar-refractivity contribution in [1.82, 2.24) is 10.3 Å². The zero-order valence-electron chi connectivity index (χ0n) is 9.90. The van der Waals surface area contributed by atoms with Gasteiger partial charge in [-0.05, 0) is 24.6 Å². The van der Waals surface area contributed by atoms with Gasteiger partial charge in [-0.2, -0.15) is 11.8 Å². The molecule has 0 spiro atoms. The highest BCUT2D eigenvalue weighted by Crippen LogP contribution is 2.11. The molecular formula is C12H17N3OS. The summed E-state index contributed by atoms with van der Waals surface area (Å²) in [6, 6.07) is 4.08. The zero-order valence-corrected chi connectivity index (χ0v) is 10.7. The highest BCUT2D eigenvalue weighted by atomic mass is 32.2. The minimum atomic E-state index is 0.0306. The van der Waals surface area contributed by atoms with Crippen molar-refractivity contribution in [2.75, 3.05) is 23.4 Å². The number of carbonyl (C=O) groups is 1. The first-order valence-corrected chi connectivity index (χ1v) is 6.93. The monoisotopic (exact) mass is 251 g/mol. The van der Waals surface area contributed by atoms with Crippen LogP contribution in [-0.2, 0) is 4.79 Å². The highest BCUT2D eigenvalue weighted by molar-refractivity contribution is 7.99. The first kappa shape index (κ1) is 12.4. The van der Waals surface area contributed by atoms with E-state index in [9.17, 15) is 4.79 Å². The summed E-state index contributed by atoms with van der Waals surface area (Å²) in [5, 5.41) is 6.18. The van der Waals surface area contributed by atoms with Crippen molar-refractivity contribution in [3.8, 4) is 0 Å². The predicted molar refractivity (Wildman–Crippen MR) is 71.3 cm³/mol. The summed E-state index contributed by atoms with van der Waals surface area (Å²) in [7, 11) is 0. The molecule has 1 unspecified atom stereocenters. The van der Waals surface area contributed by atoms with Gasteiger partial charge in [-0.1, -0.05) is 0 Å². The minimum Gasteiger partial charge on any atom is -0.312 e. The van der Waals surface area contributed by atoms with Crippen LogP contribution in [0.25, 0.3) is 0 Å². The molecule has 1 saturated heterocycles. The van der Waals surface area contributed by atoms with Gasteiger partial charge in [0.05, 0.1) is 0 Å². The second-order valence-electron chi connectivity index (χ2n) is 4.20. The Morgan fingerprint density at radius 2 is 2.59 bits per heavy atom. The third kappa shape index (κ3) is 4.02. The Hall–Kier alpha value is -1.07. The van der Waals surface area contributed by atoms with E-state index < -0.39 is 0 Å². The largest absolute Gasteiger partial charge is 0.312 e. The predicted octanol–water partition coefficient (Wildman–Crippen LogP) is 1.42. The van der Waals surface area contributed by atoms with Gasteiger partial charge in [-0.15, -0.1) is 0 Å². The number of thioether (sulfide) groups is 1. The van der Waals surface area contributed by atoms with Crippen molar-refractivity contribution in [3.05, 3.63) is 23.9 Å². The molecule has 1 aromatic rings. The van der Waals surface area contributed by atoms with Crippen molar-refractivity contribution in [3.63, 3.8) is 0 Å². The van der Waals surface area contributed by atoms with Gasteiger partial charge in [0.15, 0.2) is 0 Å². The molecule has 0 bridgehead atoms. The molecule has 2 rings (SSSR count). The van der Waals surface area contributed by atoms with Gasteiger partial charge in [-0.25, -0.2) is 4.98 Å². The van der Waals surface area contributed by atoms with E-state index in [1.807, 2.05) is 30.8 Å². The fourth-order valence-corrected chi connectivity index (χ4v) is 2.72. The van der Waals surface area contributed by atoms with Gasteiger partial charge in [-0.3, -0.25) is 4.79 Å². The Bertz CT molecular complexity index is 391. The maximum atomic E-state index is 11.8. The standard InChI is InChI=1S/C12H17N3OS/c1-9-2-3-14-11(6-9)15-12(16)7-10-8-17-5-4-13-10/h2-3,6,10,13H,4-5,7-8H2,1H3,(H,14,15,16). The molecule has 1 aromatic heterocycles. The maximum Gasteiger partial charge on any atom is 0.227 e. The minimum absolute atomic E-state index is 0.0306. The number of hydrogen-bond donors (Lipinski definition) is 2. The quantitative estimate of drug-likeness (QED) is 0.853. The summed E-state index contributed by atoms with van der Waals surface area (Å²) in [6.07, 6.45) is 2.22. The van der Waals surface area contributed by atoms with Crippen LogP contribution in [-0.4, -0.2) is 35.0 Å². The zero-order chi connectivity index (χ0) is 12.1. The number of amides is 1. The summed E-state index contributed by atoms with van der Waals surface area (Å²) in [6.45, 7) is 2.97. The number of pyridine rings is 1. The molecule has 4 nitrogen and oxygen atoms in total. The summed E-state index contributed by atoms with van der Waals surface area (Å²) >= 11 is 1.90. The molecule has 1 atom stereocenters. The normalized spacial score (nSPS) is 19.9. The van der Waals surface area contributed by atoms with Crippen LogP contribution in [0.2, 0.25) is 0 Å². The Morgan fingerprint density at radius 1 is 1.71 bits per heavy atom. The molecule has 0 aromatic carbocycles. The topological polar surface area (TPSA) is 54.0 Å². The lowest BCUT2D eigenvalue weighted by Crippen LogP contribution is -2.39. The third-order valence-electron chi connectivity index (χ3n) is 2.61. The fourth-order valence-electron chi connectivity index (χ4n) is 1.77. The van der Waals surface area contributed by atoms with Crippen LogP contribution in [0.3, 0.4) is 0 Å². The molecule has 2 N–H and O–H groups in total. The van der Waals surface area contributed by atoms with Gasteiger partial charge in [0.1, 0.15) is 5.82 Å². The van der Waals surface area contributed by atoms with E-state index in [2.05, 4.69) is 15.6 Å². The van der Waals surface area contributed by atoms with Crippen LogP contribution in [0, 0.1) is 6.92 Å². The molecule has 1 amide bonds. The fraction of sp³-hybridized carbons (Fsp3) is 0.500. The van der Waals surface area contributed by atoms with E-state index in [4.69, 9.17) is 0 Å². The maximum absolute atomic E-state index is 11.8. The molecule has 5 heteroatoms. The number of rotatable bonds is 3. The third-order valence-corrected chi connectivity index (χ3v) is 3.74. The lowest BCUT2D eigenvalue weighted by Gasteiger charge is -2.22. The lowest BCUT2D eigenvalue weighted by molar-refractivity contribution is -0.116. The molecule has 2 heterocycles. The SMILES string of the molecule is Cc1ccnc(NC(=O)CC2CSCCN2)c1. The van der Waals surface area contributed by atoms with E-state index in [0.717, 1.165) is 23.6 Å². The molecular weight excluding hydrogens is 234 g/mol. The van der Waals surface area contributed by atoms with E-state index in [1.165, 1.54) is 0 Å². The number of aromatic nitrogens is 1. The highest BCUT2D eigenvalue weighted by Gasteiger charge is 2.16. The molecule has 1 aliphatic rings. The smallest absolute Gasteiger partial charge is 0.227 e. The Balaban J connectivity index is 1.84. The van der Waals surface area contributed by atoms with Crippen LogP contribution < -0.4 is 10.6 Å². The molecule has 1 fully saturated rings. The van der Waals surface area contributed by atoms with E-state index in [0.29, 0.717) is 18.3 Å². The van der Waals surface area contributed by atoms with Crippen LogP contribution in [0.4, 0.5) is 5.82 Å². The van der Waals surface area contributed by atoms with Crippen LogP contribution in [0.15, 0.2) is 18.3 Å². The van der Waals surface area contributed by atoms with Crippen LogP contribution >= 0.6 is 11.8 Å². The molecule has 0 aliphatic carbocycles. The van der Waals surface area contributed by atoms with Gasteiger partial charge in [0.25, 0.3) is 0 Å². The Kier molecular flexibility index (Phi) is 4.39. The number of anilines is 1. The number of aryl methyl sites for hydroxylation is 1. The average Bonchev–Trinajstić information content (AvgIpc) is 2.30. The van der Waals surface area contributed by atoms with E-state index in [-0.39, 0.29) is 5.91 Å². The van der Waals surface area contributed by atoms with Crippen molar-refractivity contribution < 1.29 is 4.79 Å². The van der Waals surface area contributed by atoms with Gasteiger partial charge in [0.2, 0.25) is 5.91 Å². The summed E-state index contributed by atoms with van der Waals surface area (Å²) in [5.74, 6) is 2.81.